The lowest BCUT2D eigenvalue weighted by Gasteiger charge is -2.27. The third-order valence-electron chi connectivity index (χ3n) is 6.65. The molecule has 6 rings (SSSR count). The highest BCUT2D eigenvalue weighted by molar-refractivity contribution is 5.86. The van der Waals surface area contributed by atoms with Crippen molar-refractivity contribution >= 4 is 28.4 Å². The molecule has 1 fully saturated rings. The highest BCUT2D eigenvalue weighted by Gasteiger charge is 2.34. The first kappa shape index (κ1) is 24.9. The summed E-state index contributed by atoms with van der Waals surface area (Å²) < 4.78 is 46.1. The molecule has 9 nitrogen and oxygen atoms in total. The minimum absolute atomic E-state index is 0.286. The van der Waals surface area contributed by atoms with Crippen LogP contribution in [0.4, 0.5) is 30.6 Å². The average molecular weight is 535 g/mol. The summed E-state index contributed by atoms with van der Waals surface area (Å²) in [7, 11) is 1.92. The Morgan fingerprint density at radius 1 is 0.974 bits per heavy atom. The first-order valence-electron chi connectivity index (χ1n) is 12.4. The average Bonchev–Trinajstić information content (AvgIpc) is 3.54. The Kier molecular flexibility index (Phi) is 6.18. The van der Waals surface area contributed by atoms with Crippen LogP contribution in [0, 0.1) is 6.92 Å². The number of ether oxygens (including phenoxy) is 1. The van der Waals surface area contributed by atoms with E-state index in [-0.39, 0.29) is 5.69 Å². The SMILES string of the molecule is Cc1nn(C)c2cc(-c3cc(Nc4ccc(-c5cnc(C(F)(F)F)[nH]5)cc4)nc(N4CCOCC4)n3)ccc12. The number of benzene rings is 2. The molecule has 0 saturated carbocycles. The van der Waals surface area contributed by atoms with E-state index < -0.39 is 12.0 Å². The molecule has 0 aliphatic carbocycles. The van der Waals surface area contributed by atoms with Gasteiger partial charge in [-0.05, 0) is 30.7 Å². The second kappa shape index (κ2) is 9.70. The molecule has 2 aromatic carbocycles. The smallest absolute Gasteiger partial charge is 0.378 e. The number of hydrogen-bond acceptors (Lipinski definition) is 7. The summed E-state index contributed by atoms with van der Waals surface area (Å²) in [5.74, 6) is 0.160. The van der Waals surface area contributed by atoms with Crippen LogP contribution in [0.15, 0.2) is 54.7 Å². The van der Waals surface area contributed by atoms with Gasteiger partial charge >= 0.3 is 6.18 Å². The molecule has 0 spiro atoms. The first-order valence-corrected chi connectivity index (χ1v) is 12.4. The number of aromatic amines is 1. The Bertz CT molecular complexity index is 1640. The van der Waals surface area contributed by atoms with Gasteiger partial charge in [-0.1, -0.05) is 24.3 Å². The van der Waals surface area contributed by atoms with E-state index in [1.54, 1.807) is 24.3 Å². The molecule has 0 radical (unpaired) electrons. The molecular formula is C27H25F3N8O. The van der Waals surface area contributed by atoms with Crippen molar-refractivity contribution in [3.63, 3.8) is 0 Å². The number of aromatic nitrogens is 6. The zero-order chi connectivity index (χ0) is 27.1. The lowest BCUT2D eigenvalue weighted by atomic mass is 10.1. The summed E-state index contributed by atoms with van der Waals surface area (Å²) in [6, 6.07) is 15.0. The van der Waals surface area contributed by atoms with Gasteiger partial charge in [0.15, 0.2) is 0 Å². The van der Waals surface area contributed by atoms with E-state index in [4.69, 9.17) is 14.7 Å². The number of aryl methyl sites for hydroxylation is 2. The number of imidazole rings is 1. The molecule has 1 aliphatic heterocycles. The summed E-state index contributed by atoms with van der Waals surface area (Å²) in [5.41, 5.74) is 5.25. The van der Waals surface area contributed by atoms with Gasteiger partial charge in [0.1, 0.15) is 5.82 Å². The molecule has 200 valence electrons. The van der Waals surface area contributed by atoms with Gasteiger partial charge in [-0.2, -0.15) is 23.3 Å². The topological polar surface area (TPSA) is 96.8 Å². The van der Waals surface area contributed by atoms with Gasteiger partial charge in [0.25, 0.3) is 0 Å². The summed E-state index contributed by atoms with van der Waals surface area (Å²) in [6.45, 7) is 4.55. The third-order valence-corrected chi connectivity index (χ3v) is 6.65. The fraction of sp³-hybridized carbons (Fsp3) is 0.259. The van der Waals surface area contributed by atoms with Gasteiger partial charge in [0.05, 0.1) is 42.0 Å². The van der Waals surface area contributed by atoms with Crippen LogP contribution in [0.25, 0.3) is 33.4 Å². The Morgan fingerprint density at radius 3 is 2.44 bits per heavy atom. The van der Waals surface area contributed by atoms with Crippen LogP contribution in [-0.4, -0.2) is 56.0 Å². The zero-order valence-electron chi connectivity index (χ0n) is 21.3. The number of anilines is 3. The number of halogens is 3. The van der Waals surface area contributed by atoms with Crippen molar-refractivity contribution in [2.75, 3.05) is 36.5 Å². The Morgan fingerprint density at radius 2 is 1.72 bits per heavy atom. The van der Waals surface area contributed by atoms with Crippen LogP contribution in [0.1, 0.15) is 11.5 Å². The molecule has 0 unspecified atom stereocenters. The van der Waals surface area contributed by atoms with Crippen LogP contribution < -0.4 is 10.2 Å². The number of nitrogens with zero attached hydrogens (tertiary/aromatic N) is 6. The summed E-state index contributed by atoms with van der Waals surface area (Å²) in [5, 5.41) is 8.93. The molecule has 0 atom stereocenters. The number of fused-ring (bicyclic) bond motifs is 1. The molecule has 2 N–H and O–H groups in total. The predicted molar refractivity (Wildman–Crippen MR) is 142 cm³/mol. The maximum atomic E-state index is 12.9. The Labute approximate surface area is 221 Å². The van der Waals surface area contributed by atoms with Crippen LogP contribution in [0.3, 0.4) is 0 Å². The van der Waals surface area contributed by atoms with Crippen LogP contribution in [0.5, 0.6) is 0 Å². The number of nitrogens with one attached hydrogen (secondary N) is 2. The molecule has 12 heteroatoms. The van der Waals surface area contributed by atoms with E-state index in [0.29, 0.717) is 43.6 Å². The van der Waals surface area contributed by atoms with Crippen molar-refractivity contribution in [3.8, 4) is 22.5 Å². The van der Waals surface area contributed by atoms with Gasteiger partial charge in [0, 0.05) is 42.8 Å². The summed E-state index contributed by atoms with van der Waals surface area (Å²) in [6.07, 6.45) is -3.35. The number of rotatable bonds is 5. The van der Waals surface area contributed by atoms with Crippen molar-refractivity contribution in [2.45, 2.75) is 13.1 Å². The highest BCUT2D eigenvalue weighted by atomic mass is 19.4. The maximum Gasteiger partial charge on any atom is 0.449 e. The third kappa shape index (κ3) is 5.02. The minimum Gasteiger partial charge on any atom is -0.378 e. The molecule has 1 saturated heterocycles. The van der Waals surface area contributed by atoms with Crippen molar-refractivity contribution in [2.24, 2.45) is 7.05 Å². The monoisotopic (exact) mass is 534 g/mol. The van der Waals surface area contributed by atoms with E-state index >= 15 is 0 Å². The number of alkyl halides is 3. The summed E-state index contributed by atoms with van der Waals surface area (Å²) in [4.78, 5) is 17.5. The molecule has 1 aliphatic rings. The van der Waals surface area contributed by atoms with Gasteiger partial charge < -0.3 is 19.9 Å². The number of morpholine rings is 1. The lowest BCUT2D eigenvalue weighted by molar-refractivity contribution is -0.144. The molecule has 4 heterocycles. The fourth-order valence-corrected chi connectivity index (χ4v) is 4.64. The van der Waals surface area contributed by atoms with Crippen molar-refractivity contribution < 1.29 is 17.9 Å². The van der Waals surface area contributed by atoms with Crippen LogP contribution >= 0.6 is 0 Å². The zero-order valence-corrected chi connectivity index (χ0v) is 21.3. The second-order valence-electron chi connectivity index (χ2n) is 9.32. The fourth-order valence-electron chi connectivity index (χ4n) is 4.64. The largest absolute Gasteiger partial charge is 0.449 e. The number of hydrogen-bond donors (Lipinski definition) is 2. The molecule has 0 amide bonds. The lowest BCUT2D eigenvalue weighted by Crippen LogP contribution is -2.37. The van der Waals surface area contributed by atoms with E-state index in [0.717, 1.165) is 33.5 Å². The van der Waals surface area contributed by atoms with E-state index in [2.05, 4.69) is 37.4 Å². The van der Waals surface area contributed by atoms with Crippen LogP contribution in [-0.2, 0) is 18.0 Å². The van der Waals surface area contributed by atoms with E-state index in [1.807, 2.05) is 30.8 Å². The summed E-state index contributed by atoms with van der Waals surface area (Å²) >= 11 is 0. The van der Waals surface area contributed by atoms with E-state index in [1.165, 1.54) is 6.20 Å². The quantitative estimate of drug-likeness (QED) is 0.315. The van der Waals surface area contributed by atoms with Crippen LogP contribution in [0.2, 0.25) is 0 Å². The van der Waals surface area contributed by atoms with Gasteiger partial charge in [-0.3, -0.25) is 4.68 Å². The molecule has 5 aromatic rings. The van der Waals surface area contributed by atoms with E-state index in [9.17, 15) is 13.2 Å². The molecule has 3 aromatic heterocycles. The maximum absolute atomic E-state index is 12.9. The van der Waals surface area contributed by atoms with Gasteiger partial charge in [-0.15, -0.1) is 0 Å². The normalized spacial score (nSPS) is 14.2. The van der Waals surface area contributed by atoms with Crippen molar-refractivity contribution in [1.82, 2.24) is 29.7 Å². The highest BCUT2D eigenvalue weighted by Crippen LogP contribution is 2.31. The van der Waals surface area contributed by atoms with Crippen molar-refractivity contribution in [3.05, 3.63) is 66.2 Å². The second-order valence-corrected chi connectivity index (χ2v) is 9.32. The predicted octanol–water partition coefficient (Wildman–Crippen LogP) is 5.33. The molecule has 39 heavy (non-hydrogen) atoms. The minimum atomic E-state index is -4.53. The first-order chi connectivity index (χ1) is 18.7. The van der Waals surface area contributed by atoms with Gasteiger partial charge in [0.2, 0.25) is 11.8 Å². The number of H-pyrrole nitrogens is 1. The molecule has 0 bridgehead atoms. The Balaban J connectivity index is 1.32. The van der Waals surface area contributed by atoms with Gasteiger partial charge in [-0.25, -0.2) is 9.97 Å². The standard InChI is InChI=1S/C27H25F3N8O/c1-16-20-8-5-18(13-23(20)37(2)36-16)21-14-24(35-26(34-21)38-9-11-39-12-10-38)32-19-6-3-17(4-7-19)22-15-31-25(33-22)27(28,29)30/h3-8,13-15H,9-12H2,1-2H3,(H,31,33)(H,32,34,35). The molecular weight excluding hydrogens is 509 g/mol. The van der Waals surface area contributed by atoms with Crippen molar-refractivity contribution in [1.29, 1.82) is 0 Å². The Hall–Kier alpha value is -4.45.